The van der Waals surface area contributed by atoms with Crippen LogP contribution in [0.2, 0.25) is 0 Å². The minimum Gasteiger partial charge on any atom is -0.389 e. The van der Waals surface area contributed by atoms with Crippen LogP contribution in [0.5, 0.6) is 0 Å². The first-order valence-corrected chi connectivity index (χ1v) is 12.2. The number of aliphatic hydroxyl groups excluding tert-OH is 1. The summed E-state index contributed by atoms with van der Waals surface area (Å²) in [6, 6.07) is 21.2. The Labute approximate surface area is 229 Å². The highest BCUT2D eigenvalue weighted by molar-refractivity contribution is 6.25. The average molecular weight is 546 g/mol. The first-order valence-electron chi connectivity index (χ1n) is 12.2. The summed E-state index contributed by atoms with van der Waals surface area (Å²) >= 11 is 0. The quantitative estimate of drug-likeness (QED) is 0.415. The second-order valence-corrected chi connectivity index (χ2v) is 9.27. The van der Waals surface area contributed by atoms with E-state index in [2.05, 4.69) is 9.80 Å². The fourth-order valence-corrected chi connectivity index (χ4v) is 4.96. The van der Waals surface area contributed by atoms with Crippen molar-refractivity contribution in [3.63, 3.8) is 0 Å². The van der Waals surface area contributed by atoms with Crippen molar-refractivity contribution in [1.82, 2.24) is 14.7 Å². The first-order chi connectivity index (χ1) is 17.1. The van der Waals surface area contributed by atoms with Crippen molar-refractivity contribution in [3.8, 4) is 0 Å². The summed E-state index contributed by atoms with van der Waals surface area (Å²) in [4.78, 5) is 32.0. The molecule has 0 spiro atoms. The van der Waals surface area contributed by atoms with Gasteiger partial charge >= 0.3 is 0 Å². The van der Waals surface area contributed by atoms with Crippen LogP contribution in [0, 0.1) is 0 Å². The Balaban J connectivity index is 0.00000190. The molecule has 2 aliphatic heterocycles. The molecule has 0 radical (unpaired) electrons. The number of piperazine rings is 1. The Bertz CT molecular complexity index is 1150. The third-order valence-electron chi connectivity index (χ3n) is 6.85. The molecule has 1 N–H and O–H groups in total. The van der Waals surface area contributed by atoms with E-state index >= 15 is 0 Å². The van der Waals surface area contributed by atoms with Crippen molar-refractivity contribution in [2.45, 2.75) is 12.7 Å². The van der Waals surface area contributed by atoms with Crippen LogP contribution in [0.4, 0.5) is 0 Å². The molecule has 5 rings (SSSR count). The number of ether oxygens (including phenoxy) is 1. The number of nitrogens with zero attached hydrogens (tertiary/aromatic N) is 3. The summed E-state index contributed by atoms with van der Waals surface area (Å²) in [5.74, 6) is -0.423. The number of rotatable bonds is 9. The van der Waals surface area contributed by atoms with E-state index < -0.39 is 6.10 Å². The maximum Gasteiger partial charge on any atom is 0.261 e. The van der Waals surface area contributed by atoms with Crippen LogP contribution in [0.1, 0.15) is 26.3 Å². The van der Waals surface area contributed by atoms with E-state index in [0.717, 1.165) is 42.5 Å². The van der Waals surface area contributed by atoms with Crippen LogP contribution in [-0.2, 0) is 11.3 Å². The van der Waals surface area contributed by atoms with Crippen molar-refractivity contribution in [3.05, 3.63) is 83.4 Å². The van der Waals surface area contributed by atoms with Gasteiger partial charge in [-0.1, -0.05) is 54.6 Å². The highest BCUT2D eigenvalue weighted by atomic mass is 35.5. The van der Waals surface area contributed by atoms with E-state index in [-0.39, 0.29) is 36.6 Å². The number of halogens is 2. The minimum atomic E-state index is -0.531. The summed E-state index contributed by atoms with van der Waals surface area (Å²) in [6.07, 6.45) is -0.531. The fourth-order valence-electron chi connectivity index (χ4n) is 4.96. The van der Waals surface area contributed by atoms with E-state index in [1.165, 1.54) is 4.90 Å². The Morgan fingerprint density at radius 3 is 1.97 bits per heavy atom. The van der Waals surface area contributed by atoms with Crippen LogP contribution in [-0.4, -0.2) is 90.1 Å². The predicted octanol–water partition coefficient (Wildman–Crippen LogP) is 3.47. The second kappa shape index (κ2) is 13.3. The topological polar surface area (TPSA) is 73.3 Å². The van der Waals surface area contributed by atoms with Crippen molar-refractivity contribution in [1.29, 1.82) is 0 Å². The van der Waals surface area contributed by atoms with Crippen molar-refractivity contribution >= 4 is 47.4 Å². The first kappa shape index (κ1) is 29.0. The molecule has 7 nitrogen and oxygen atoms in total. The van der Waals surface area contributed by atoms with E-state index in [9.17, 15) is 14.7 Å². The van der Waals surface area contributed by atoms with Crippen LogP contribution >= 0.6 is 24.8 Å². The molecule has 0 bridgehead atoms. The Hall–Kier alpha value is -2.52. The van der Waals surface area contributed by atoms with Crippen molar-refractivity contribution < 1.29 is 19.4 Å². The monoisotopic (exact) mass is 545 g/mol. The highest BCUT2D eigenvalue weighted by Crippen LogP contribution is 2.29. The molecule has 0 saturated carbocycles. The fraction of sp³-hybridized carbons (Fsp3) is 0.357. The van der Waals surface area contributed by atoms with Gasteiger partial charge in [0.15, 0.2) is 0 Å². The zero-order chi connectivity index (χ0) is 24.2. The SMILES string of the molecule is Cl.Cl.O=C1c2cccc3cccc(c23)C(=O)N1CCN1CCN(CC(O)COCc2ccccc2)CC1. The van der Waals surface area contributed by atoms with Gasteiger partial charge in [0.05, 0.1) is 19.3 Å². The second-order valence-electron chi connectivity index (χ2n) is 9.27. The van der Waals surface area contributed by atoms with Gasteiger partial charge in [-0.3, -0.25) is 24.3 Å². The number of aliphatic hydroxyl groups is 1. The van der Waals surface area contributed by atoms with Crippen LogP contribution < -0.4 is 0 Å². The lowest BCUT2D eigenvalue weighted by molar-refractivity contribution is 0.000963. The molecule has 2 heterocycles. The Kier molecular flexibility index (Phi) is 10.5. The van der Waals surface area contributed by atoms with Gasteiger partial charge in [-0.25, -0.2) is 0 Å². The Morgan fingerprint density at radius 2 is 1.35 bits per heavy atom. The number of carbonyl (C=O) groups excluding carboxylic acids is 2. The highest BCUT2D eigenvalue weighted by Gasteiger charge is 2.32. The molecule has 1 saturated heterocycles. The van der Waals surface area contributed by atoms with Gasteiger partial charge in [-0.15, -0.1) is 24.8 Å². The standard InChI is InChI=1S/C28H31N3O4.2ClH/c32-23(20-35-19-21-6-2-1-3-7-21)18-30-14-12-29(13-15-30)16-17-31-27(33)24-10-4-8-22-9-5-11-25(26(22)24)28(31)34;;/h1-11,23,32H,12-20H2;2*1H. The number of hydrogen-bond donors (Lipinski definition) is 1. The molecular weight excluding hydrogens is 513 g/mol. The van der Waals surface area contributed by atoms with Gasteiger partial charge < -0.3 is 9.84 Å². The lowest BCUT2D eigenvalue weighted by Crippen LogP contribution is -2.51. The Morgan fingerprint density at radius 1 is 0.757 bits per heavy atom. The summed E-state index contributed by atoms with van der Waals surface area (Å²) < 4.78 is 5.66. The van der Waals surface area contributed by atoms with Crippen LogP contribution in [0.15, 0.2) is 66.7 Å². The molecule has 2 aliphatic rings. The summed E-state index contributed by atoms with van der Waals surface area (Å²) in [5, 5.41) is 12.0. The van der Waals surface area contributed by atoms with Crippen molar-refractivity contribution in [2.75, 3.05) is 52.4 Å². The molecule has 37 heavy (non-hydrogen) atoms. The molecule has 198 valence electrons. The molecular formula is C28H33Cl2N3O4. The summed E-state index contributed by atoms with van der Waals surface area (Å²) in [7, 11) is 0. The predicted molar refractivity (Wildman–Crippen MR) is 149 cm³/mol. The smallest absolute Gasteiger partial charge is 0.261 e. The lowest BCUT2D eigenvalue weighted by atomic mass is 9.94. The molecule has 1 fully saturated rings. The average Bonchev–Trinajstić information content (AvgIpc) is 2.88. The number of β-amino-alcohol motifs (C(OH)–C–C–N with tert-alkyl or cyclic N) is 1. The number of imide groups is 1. The third kappa shape index (κ3) is 6.68. The maximum absolute atomic E-state index is 13.1. The maximum atomic E-state index is 13.1. The third-order valence-corrected chi connectivity index (χ3v) is 6.85. The largest absolute Gasteiger partial charge is 0.389 e. The summed E-state index contributed by atoms with van der Waals surface area (Å²) in [5.41, 5.74) is 2.30. The number of hydrogen-bond acceptors (Lipinski definition) is 6. The van der Waals surface area contributed by atoms with Crippen molar-refractivity contribution in [2.24, 2.45) is 0 Å². The molecule has 3 aromatic rings. The zero-order valence-corrected chi connectivity index (χ0v) is 22.3. The number of amides is 2. The molecule has 1 unspecified atom stereocenters. The number of benzene rings is 3. The molecule has 0 aromatic heterocycles. The normalized spacial score (nSPS) is 16.8. The van der Waals surface area contributed by atoms with Gasteiger partial charge in [0.2, 0.25) is 0 Å². The lowest BCUT2D eigenvalue weighted by Gasteiger charge is -2.36. The molecule has 0 aliphatic carbocycles. The van der Waals surface area contributed by atoms with Gasteiger partial charge in [0.1, 0.15) is 0 Å². The molecule has 2 amide bonds. The number of carbonyl (C=O) groups is 2. The van der Waals surface area contributed by atoms with Gasteiger partial charge in [0, 0.05) is 62.3 Å². The molecule has 3 aromatic carbocycles. The van der Waals surface area contributed by atoms with Gasteiger partial charge in [-0.05, 0) is 23.1 Å². The zero-order valence-electron chi connectivity index (χ0n) is 20.6. The van der Waals surface area contributed by atoms with Gasteiger partial charge in [0.25, 0.3) is 11.8 Å². The van der Waals surface area contributed by atoms with Crippen LogP contribution in [0.3, 0.4) is 0 Å². The van der Waals surface area contributed by atoms with E-state index in [1.54, 1.807) is 12.1 Å². The molecule has 1 atom stereocenters. The van der Waals surface area contributed by atoms with E-state index in [0.29, 0.717) is 44.0 Å². The summed E-state index contributed by atoms with van der Waals surface area (Å²) in [6.45, 7) is 5.73. The van der Waals surface area contributed by atoms with Crippen LogP contribution in [0.25, 0.3) is 10.8 Å². The molecule has 9 heteroatoms. The minimum absolute atomic E-state index is 0. The van der Waals surface area contributed by atoms with Gasteiger partial charge in [-0.2, -0.15) is 0 Å². The van der Waals surface area contributed by atoms with E-state index in [1.807, 2.05) is 54.6 Å². The van der Waals surface area contributed by atoms with E-state index in [4.69, 9.17) is 4.74 Å².